The van der Waals surface area contributed by atoms with Gasteiger partial charge in [0.2, 0.25) is 0 Å². The summed E-state index contributed by atoms with van der Waals surface area (Å²) in [5.41, 5.74) is 8.62. The van der Waals surface area contributed by atoms with Crippen LogP contribution in [0.15, 0.2) is 18.2 Å². The number of hydrogen-bond acceptors (Lipinski definition) is 3. The number of amides is 1. The molecule has 3 N–H and O–H groups in total. The number of benzene rings is 1. The number of fused-ring (bicyclic) bond motifs is 1. The minimum absolute atomic E-state index is 0.0780. The zero-order valence-corrected chi connectivity index (χ0v) is 13.2. The molecule has 1 aliphatic carbocycles. The first kappa shape index (κ1) is 15.8. The van der Waals surface area contributed by atoms with Crippen LogP contribution in [0.4, 0.5) is 0 Å². The number of carbonyl (C=O) groups excluding carboxylic acids is 1. The lowest BCUT2D eigenvalue weighted by atomic mass is 9.88. The van der Waals surface area contributed by atoms with Gasteiger partial charge in [-0.2, -0.15) is 0 Å². The third-order valence-corrected chi connectivity index (χ3v) is 3.84. The van der Waals surface area contributed by atoms with Gasteiger partial charge in [-0.05, 0) is 55.4 Å². The highest BCUT2D eigenvalue weighted by atomic mass is 16.5. The number of rotatable bonds is 5. The monoisotopic (exact) mass is 290 g/mol. The lowest BCUT2D eigenvalue weighted by molar-refractivity contribution is -0.127. The number of nitrogens with one attached hydrogen (secondary N) is 1. The van der Waals surface area contributed by atoms with E-state index >= 15 is 0 Å². The highest BCUT2D eigenvalue weighted by molar-refractivity contribution is 5.80. The van der Waals surface area contributed by atoms with Gasteiger partial charge in [0.15, 0.2) is 6.10 Å². The van der Waals surface area contributed by atoms with Crippen LogP contribution in [-0.4, -0.2) is 18.6 Å². The predicted octanol–water partition coefficient (Wildman–Crippen LogP) is 2.56. The second kappa shape index (κ2) is 6.94. The van der Waals surface area contributed by atoms with Crippen molar-refractivity contribution >= 4 is 5.91 Å². The molecule has 4 nitrogen and oxygen atoms in total. The molecule has 0 spiro atoms. The van der Waals surface area contributed by atoms with E-state index in [0.717, 1.165) is 30.6 Å². The second-order valence-electron chi connectivity index (χ2n) is 6.26. The topological polar surface area (TPSA) is 64.3 Å². The van der Waals surface area contributed by atoms with E-state index in [1.807, 2.05) is 12.1 Å². The fourth-order valence-corrected chi connectivity index (χ4v) is 2.59. The van der Waals surface area contributed by atoms with Crippen LogP contribution in [0.3, 0.4) is 0 Å². The fraction of sp³-hybridized carbons (Fsp3) is 0.588. The molecule has 1 amide bonds. The van der Waals surface area contributed by atoms with Crippen LogP contribution in [0.25, 0.3) is 0 Å². The van der Waals surface area contributed by atoms with Gasteiger partial charge in [-0.3, -0.25) is 4.79 Å². The van der Waals surface area contributed by atoms with Crippen LogP contribution in [0, 0.1) is 5.92 Å². The number of hydrogen-bond donors (Lipinski definition) is 2. The molecule has 116 valence electrons. The summed E-state index contributed by atoms with van der Waals surface area (Å²) in [7, 11) is 0. The molecule has 2 rings (SSSR count). The zero-order chi connectivity index (χ0) is 15.4. The average molecular weight is 290 g/mol. The third kappa shape index (κ3) is 4.21. The quantitative estimate of drug-likeness (QED) is 0.876. The summed E-state index contributed by atoms with van der Waals surface area (Å²) >= 11 is 0. The zero-order valence-electron chi connectivity index (χ0n) is 13.2. The van der Waals surface area contributed by atoms with E-state index in [1.54, 1.807) is 6.92 Å². The van der Waals surface area contributed by atoms with E-state index in [9.17, 15) is 4.79 Å². The molecular formula is C17H26N2O2. The Morgan fingerprint density at radius 1 is 1.43 bits per heavy atom. The first-order valence-corrected chi connectivity index (χ1v) is 7.80. The Balaban J connectivity index is 1.99. The van der Waals surface area contributed by atoms with E-state index in [-0.39, 0.29) is 11.9 Å². The summed E-state index contributed by atoms with van der Waals surface area (Å²) in [6.45, 7) is 6.57. The molecular weight excluding hydrogens is 264 g/mol. The van der Waals surface area contributed by atoms with Crippen LogP contribution >= 0.6 is 0 Å². The van der Waals surface area contributed by atoms with Crippen molar-refractivity contribution in [1.82, 2.24) is 5.32 Å². The smallest absolute Gasteiger partial charge is 0.260 e. The lowest BCUT2D eigenvalue weighted by Gasteiger charge is -2.23. The van der Waals surface area contributed by atoms with Crippen molar-refractivity contribution in [2.45, 2.75) is 52.2 Å². The molecule has 0 bridgehead atoms. The van der Waals surface area contributed by atoms with Crippen molar-refractivity contribution in [2.75, 3.05) is 6.54 Å². The molecule has 0 heterocycles. The molecule has 0 radical (unpaired) electrons. The first-order valence-electron chi connectivity index (χ1n) is 7.80. The van der Waals surface area contributed by atoms with E-state index in [2.05, 4.69) is 25.2 Å². The van der Waals surface area contributed by atoms with Crippen molar-refractivity contribution in [3.8, 4) is 5.75 Å². The molecule has 1 aliphatic rings. The van der Waals surface area contributed by atoms with Crippen LogP contribution in [0.1, 0.15) is 50.8 Å². The Hall–Kier alpha value is -1.55. The number of carbonyl (C=O) groups is 1. The molecule has 0 fully saturated rings. The third-order valence-electron chi connectivity index (χ3n) is 3.84. The number of nitrogens with two attached hydrogens (primary N) is 1. The fourth-order valence-electron chi connectivity index (χ4n) is 2.59. The lowest BCUT2D eigenvalue weighted by Crippen LogP contribution is -2.38. The first-order chi connectivity index (χ1) is 9.97. The largest absolute Gasteiger partial charge is 0.481 e. The summed E-state index contributed by atoms with van der Waals surface area (Å²) in [6, 6.07) is 6.08. The summed E-state index contributed by atoms with van der Waals surface area (Å²) < 4.78 is 5.76. The van der Waals surface area contributed by atoms with E-state index < -0.39 is 6.10 Å². The Bertz CT molecular complexity index is 500. The molecule has 0 saturated heterocycles. The van der Waals surface area contributed by atoms with E-state index in [1.165, 1.54) is 5.56 Å². The van der Waals surface area contributed by atoms with Gasteiger partial charge in [0.05, 0.1) is 0 Å². The molecule has 2 atom stereocenters. The molecule has 1 aromatic carbocycles. The molecule has 21 heavy (non-hydrogen) atoms. The Morgan fingerprint density at radius 3 is 2.90 bits per heavy atom. The maximum absolute atomic E-state index is 11.9. The Kier molecular flexibility index (Phi) is 5.23. The van der Waals surface area contributed by atoms with Gasteiger partial charge < -0.3 is 15.8 Å². The standard InChI is InChI=1S/C17H26N2O2/c1-11(2)10-19-17(20)12(3)21-14-8-7-13-5-4-6-16(18)15(13)9-14/h7-9,11-12,16H,4-6,10,18H2,1-3H3,(H,19,20). The maximum Gasteiger partial charge on any atom is 0.260 e. The van der Waals surface area contributed by atoms with Crippen molar-refractivity contribution in [2.24, 2.45) is 11.7 Å². The molecule has 4 heteroatoms. The minimum atomic E-state index is -0.499. The highest BCUT2D eigenvalue weighted by Gasteiger charge is 2.19. The van der Waals surface area contributed by atoms with Crippen molar-refractivity contribution in [3.05, 3.63) is 29.3 Å². The van der Waals surface area contributed by atoms with Crippen LogP contribution in [0.2, 0.25) is 0 Å². The molecule has 0 aromatic heterocycles. The van der Waals surface area contributed by atoms with Crippen molar-refractivity contribution < 1.29 is 9.53 Å². The van der Waals surface area contributed by atoms with Crippen LogP contribution in [-0.2, 0) is 11.2 Å². The van der Waals surface area contributed by atoms with Gasteiger partial charge in [0.1, 0.15) is 5.75 Å². The van der Waals surface area contributed by atoms with Gasteiger partial charge in [-0.15, -0.1) is 0 Å². The van der Waals surface area contributed by atoms with E-state index in [4.69, 9.17) is 10.5 Å². The molecule has 2 unspecified atom stereocenters. The SMILES string of the molecule is CC(C)CNC(=O)C(C)Oc1ccc2c(c1)C(N)CCC2. The normalized spacial score (nSPS) is 19.0. The van der Waals surface area contributed by atoms with E-state index in [0.29, 0.717) is 12.5 Å². The van der Waals surface area contributed by atoms with Gasteiger partial charge in [0.25, 0.3) is 5.91 Å². The highest BCUT2D eigenvalue weighted by Crippen LogP contribution is 2.31. The van der Waals surface area contributed by atoms with Crippen LogP contribution < -0.4 is 15.8 Å². The van der Waals surface area contributed by atoms with Gasteiger partial charge >= 0.3 is 0 Å². The Morgan fingerprint density at radius 2 is 2.19 bits per heavy atom. The van der Waals surface area contributed by atoms with Crippen molar-refractivity contribution in [1.29, 1.82) is 0 Å². The Labute approximate surface area is 127 Å². The maximum atomic E-state index is 11.9. The summed E-state index contributed by atoms with van der Waals surface area (Å²) in [4.78, 5) is 11.9. The molecule has 0 aliphatic heterocycles. The second-order valence-corrected chi connectivity index (χ2v) is 6.26. The summed E-state index contributed by atoms with van der Waals surface area (Å²) in [5, 5.41) is 2.88. The number of ether oxygens (including phenoxy) is 1. The minimum Gasteiger partial charge on any atom is -0.481 e. The molecule has 1 aromatic rings. The summed E-state index contributed by atoms with van der Waals surface area (Å²) in [6.07, 6.45) is 2.73. The van der Waals surface area contributed by atoms with Crippen molar-refractivity contribution in [3.63, 3.8) is 0 Å². The number of aryl methyl sites for hydroxylation is 1. The predicted molar refractivity (Wildman–Crippen MR) is 84.2 cm³/mol. The van der Waals surface area contributed by atoms with Gasteiger partial charge in [-0.25, -0.2) is 0 Å². The van der Waals surface area contributed by atoms with Crippen LogP contribution in [0.5, 0.6) is 5.75 Å². The molecule has 0 saturated carbocycles. The summed E-state index contributed by atoms with van der Waals surface area (Å²) in [5.74, 6) is 1.08. The van der Waals surface area contributed by atoms with Gasteiger partial charge in [0, 0.05) is 12.6 Å². The van der Waals surface area contributed by atoms with Gasteiger partial charge in [-0.1, -0.05) is 19.9 Å². The average Bonchev–Trinajstić information content (AvgIpc) is 2.45.